The molecule has 0 aliphatic carbocycles. The van der Waals surface area contributed by atoms with Crippen LogP contribution in [0.5, 0.6) is 0 Å². The molecule has 3 heterocycles. The predicted octanol–water partition coefficient (Wildman–Crippen LogP) is 12.3. The van der Waals surface area contributed by atoms with Crippen molar-refractivity contribution in [2.75, 3.05) is 0 Å². The van der Waals surface area contributed by atoms with Gasteiger partial charge in [0.05, 0.1) is 22.2 Å². The van der Waals surface area contributed by atoms with Gasteiger partial charge < -0.3 is 9.88 Å². The van der Waals surface area contributed by atoms with E-state index in [1.165, 1.54) is 21.8 Å². The summed E-state index contributed by atoms with van der Waals surface area (Å²) in [6.45, 7) is 0. The van der Waals surface area contributed by atoms with E-state index in [2.05, 4.69) is 186 Å². The molecule has 0 amide bonds. The molecule has 0 bridgehead atoms. The molecule has 1 aliphatic heterocycles. The molecule has 57 heavy (non-hydrogen) atoms. The second-order valence-electron chi connectivity index (χ2n) is 14.4. The van der Waals surface area contributed by atoms with Gasteiger partial charge in [-0.05, 0) is 70.4 Å². The van der Waals surface area contributed by atoms with Crippen molar-refractivity contribution in [3.8, 4) is 28.1 Å². The zero-order valence-corrected chi connectivity index (χ0v) is 30.9. The highest BCUT2D eigenvalue weighted by Crippen LogP contribution is 2.41. The van der Waals surface area contributed by atoms with Crippen LogP contribution in [0.15, 0.2) is 210 Å². The van der Waals surface area contributed by atoms with E-state index < -0.39 is 6.17 Å². The van der Waals surface area contributed by atoms with Crippen LogP contribution in [0.1, 0.15) is 22.9 Å². The summed E-state index contributed by atoms with van der Waals surface area (Å²) in [5.74, 6) is 1.52. The number of aliphatic imine (C=N–C) groups is 2. The number of pyridine rings is 1. The highest BCUT2D eigenvalue weighted by molar-refractivity contribution is 6.18. The first kappa shape index (κ1) is 32.8. The monoisotopic (exact) mass is 729 g/mol. The SMILES string of the molecule is c1ccc(C2=NC(c3cc4ccccc4c4c(-c5ccccc5)cc(-c5ccccc5)nc34)N=C(c3ccc(-n4c5ccccc5c5ccccc54)cc3)N2)cc1. The Bertz CT molecular complexity index is 3130. The van der Waals surface area contributed by atoms with Crippen molar-refractivity contribution >= 4 is 55.2 Å². The van der Waals surface area contributed by atoms with Gasteiger partial charge in [-0.3, -0.25) is 0 Å². The van der Waals surface area contributed by atoms with Crippen molar-refractivity contribution in [2.45, 2.75) is 6.17 Å². The van der Waals surface area contributed by atoms with E-state index in [4.69, 9.17) is 15.0 Å². The average Bonchev–Trinajstić information content (AvgIpc) is 3.63. The van der Waals surface area contributed by atoms with Gasteiger partial charge in [0, 0.05) is 44.1 Å². The Balaban J connectivity index is 1.12. The largest absolute Gasteiger partial charge is 0.324 e. The summed E-state index contributed by atoms with van der Waals surface area (Å²) < 4.78 is 2.34. The van der Waals surface area contributed by atoms with Crippen LogP contribution in [0.2, 0.25) is 0 Å². The van der Waals surface area contributed by atoms with Crippen molar-refractivity contribution in [1.82, 2.24) is 14.9 Å². The fourth-order valence-corrected chi connectivity index (χ4v) is 8.36. The molecular weight excluding hydrogens is 695 g/mol. The lowest BCUT2D eigenvalue weighted by Crippen LogP contribution is -2.36. The number of rotatable bonds is 6. The lowest BCUT2D eigenvalue weighted by atomic mass is 9.91. The summed E-state index contributed by atoms with van der Waals surface area (Å²) >= 11 is 0. The van der Waals surface area contributed by atoms with Crippen molar-refractivity contribution in [1.29, 1.82) is 0 Å². The highest BCUT2D eigenvalue weighted by Gasteiger charge is 2.25. The Morgan fingerprint density at radius 3 is 1.58 bits per heavy atom. The van der Waals surface area contributed by atoms with Gasteiger partial charge in [0.1, 0.15) is 11.7 Å². The quantitative estimate of drug-likeness (QED) is 0.173. The zero-order chi connectivity index (χ0) is 37.7. The van der Waals surface area contributed by atoms with Crippen LogP contribution in [-0.4, -0.2) is 21.2 Å². The lowest BCUT2D eigenvalue weighted by molar-refractivity contribution is 0.761. The van der Waals surface area contributed by atoms with Gasteiger partial charge in [0.2, 0.25) is 0 Å². The fraction of sp³-hybridized carbons (Fsp3) is 0.0192. The molecule has 11 rings (SSSR count). The molecule has 1 atom stereocenters. The number of para-hydroxylation sites is 2. The van der Waals surface area contributed by atoms with Crippen LogP contribution >= 0.6 is 0 Å². The summed E-state index contributed by atoms with van der Waals surface area (Å²) in [6, 6.07) is 70.3. The summed E-state index contributed by atoms with van der Waals surface area (Å²) in [6.07, 6.45) is -0.567. The van der Waals surface area contributed by atoms with Gasteiger partial charge in [0.25, 0.3) is 0 Å². The molecule has 0 saturated carbocycles. The maximum absolute atomic E-state index is 5.48. The van der Waals surface area contributed by atoms with Crippen molar-refractivity contribution in [3.05, 3.63) is 217 Å². The molecule has 1 unspecified atom stereocenters. The predicted molar refractivity (Wildman–Crippen MR) is 236 cm³/mol. The topological polar surface area (TPSA) is 54.6 Å². The maximum atomic E-state index is 5.48. The third kappa shape index (κ3) is 5.68. The van der Waals surface area contributed by atoms with Gasteiger partial charge in [-0.2, -0.15) is 0 Å². The summed E-state index contributed by atoms with van der Waals surface area (Å²) in [7, 11) is 0. The highest BCUT2D eigenvalue weighted by atomic mass is 15.2. The number of nitrogens with zero attached hydrogens (tertiary/aromatic N) is 4. The van der Waals surface area contributed by atoms with Gasteiger partial charge in [-0.1, -0.05) is 152 Å². The van der Waals surface area contributed by atoms with E-state index in [0.29, 0.717) is 0 Å². The lowest BCUT2D eigenvalue weighted by Gasteiger charge is -2.24. The number of hydrogen-bond donors (Lipinski definition) is 1. The van der Waals surface area contributed by atoms with E-state index in [1.807, 2.05) is 24.3 Å². The molecule has 5 heteroatoms. The molecule has 268 valence electrons. The molecule has 0 saturated heterocycles. The molecule has 8 aromatic carbocycles. The third-order valence-electron chi connectivity index (χ3n) is 11.0. The van der Waals surface area contributed by atoms with E-state index in [-0.39, 0.29) is 0 Å². The van der Waals surface area contributed by atoms with Gasteiger partial charge in [-0.15, -0.1) is 0 Å². The normalized spacial score (nSPS) is 14.1. The van der Waals surface area contributed by atoms with Crippen LogP contribution in [0.4, 0.5) is 0 Å². The summed E-state index contributed by atoms with van der Waals surface area (Å²) in [5, 5.41) is 9.47. The van der Waals surface area contributed by atoms with E-state index in [1.54, 1.807) is 0 Å². The molecular formula is C52H35N5. The minimum absolute atomic E-state index is 0.567. The first-order valence-electron chi connectivity index (χ1n) is 19.3. The summed E-state index contributed by atoms with van der Waals surface area (Å²) in [5.41, 5.74) is 11.5. The van der Waals surface area contributed by atoms with Crippen LogP contribution in [-0.2, 0) is 0 Å². The molecule has 1 aliphatic rings. The third-order valence-corrected chi connectivity index (χ3v) is 11.0. The molecule has 1 N–H and O–H groups in total. The van der Waals surface area contributed by atoms with Crippen molar-refractivity contribution in [3.63, 3.8) is 0 Å². The van der Waals surface area contributed by atoms with Crippen LogP contribution in [0, 0.1) is 0 Å². The smallest absolute Gasteiger partial charge is 0.171 e. The first-order chi connectivity index (χ1) is 28.3. The van der Waals surface area contributed by atoms with Crippen LogP contribution < -0.4 is 5.32 Å². The number of nitrogens with one attached hydrogen (secondary N) is 1. The van der Waals surface area contributed by atoms with Crippen molar-refractivity contribution < 1.29 is 0 Å². The maximum Gasteiger partial charge on any atom is 0.171 e. The number of hydrogen-bond acceptors (Lipinski definition) is 4. The Labute approximate surface area is 330 Å². The Kier molecular flexibility index (Phi) is 7.81. The Morgan fingerprint density at radius 1 is 0.439 bits per heavy atom. The number of fused-ring (bicyclic) bond motifs is 6. The fourth-order valence-electron chi connectivity index (χ4n) is 8.36. The molecule has 0 spiro atoms. The Hall–Kier alpha value is -7.63. The molecule has 0 radical (unpaired) electrons. The van der Waals surface area contributed by atoms with Crippen molar-refractivity contribution in [2.24, 2.45) is 9.98 Å². The van der Waals surface area contributed by atoms with E-state index in [9.17, 15) is 0 Å². The average molecular weight is 730 g/mol. The first-order valence-corrected chi connectivity index (χ1v) is 19.3. The number of benzene rings is 8. The molecule has 5 nitrogen and oxygen atoms in total. The second-order valence-corrected chi connectivity index (χ2v) is 14.4. The minimum Gasteiger partial charge on any atom is -0.324 e. The second kappa shape index (κ2) is 13.6. The zero-order valence-electron chi connectivity index (χ0n) is 30.9. The Morgan fingerprint density at radius 2 is 0.947 bits per heavy atom. The van der Waals surface area contributed by atoms with E-state index in [0.717, 1.165) is 78.1 Å². The molecule has 2 aromatic heterocycles. The summed E-state index contributed by atoms with van der Waals surface area (Å²) in [4.78, 5) is 16.3. The number of amidine groups is 2. The molecule has 10 aromatic rings. The van der Waals surface area contributed by atoms with Crippen LogP contribution in [0.25, 0.3) is 71.6 Å². The van der Waals surface area contributed by atoms with Gasteiger partial charge in [-0.25, -0.2) is 15.0 Å². The van der Waals surface area contributed by atoms with Crippen LogP contribution in [0.3, 0.4) is 0 Å². The van der Waals surface area contributed by atoms with Gasteiger partial charge >= 0.3 is 0 Å². The minimum atomic E-state index is -0.567. The standard InChI is InChI=1S/C52H35N5/c1-4-16-34(17-5-1)43-33-45(35-18-6-2-7-19-35)53-49-44(32-38-22-10-11-23-40(38)48(43)49)52-55-50(36-20-8-3-9-21-36)54-51(56-52)37-28-30-39(31-29-37)57-46-26-14-12-24-41(46)42-25-13-15-27-47(42)57/h1-33,52H,(H,54,55,56). The van der Waals surface area contributed by atoms with E-state index >= 15 is 0 Å². The van der Waals surface area contributed by atoms with Gasteiger partial charge in [0.15, 0.2) is 6.17 Å². The molecule has 0 fully saturated rings. The number of aromatic nitrogens is 2.